The third kappa shape index (κ3) is 27.6. The molecule has 0 fully saturated rings. The zero-order valence-electron chi connectivity index (χ0n) is 52.3. The SMILES string of the molecule is C=CCOC(=O)C(CCC(C)=O)NC(=O)C(CC)NC(=O)CNC(=O)C(CC(=O)OC)NC(=O)C(C)N.C=CCOC(=O)C(CCC(C)=O)NC(=O)C(CC)NC(=O)CNC(=O)C(CC(=O)OC)NC(=O)C(C)NC(=O)OCC1c2ccccc2-c2ccccc21. The van der Waals surface area contributed by atoms with E-state index in [-0.39, 0.29) is 75.8 Å². The second kappa shape index (κ2) is 40.6. The van der Waals surface area contributed by atoms with Gasteiger partial charge in [-0.05, 0) is 75.6 Å². The van der Waals surface area contributed by atoms with E-state index in [2.05, 4.69) is 70.5 Å². The van der Waals surface area contributed by atoms with Crippen molar-refractivity contribution in [2.75, 3.05) is 47.1 Å². The van der Waals surface area contributed by atoms with Crippen LogP contribution >= 0.6 is 0 Å². The van der Waals surface area contributed by atoms with Crippen molar-refractivity contribution in [1.29, 1.82) is 0 Å². The van der Waals surface area contributed by atoms with Gasteiger partial charge in [-0.2, -0.15) is 0 Å². The Morgan fingerprint density at radius 2 is 0.890 bits per heavy atom. The number of esters is 4. The molecule has 0 radical (unpaired) electrons. The van der Waals surface area contributed by atoms with Crippen molar-refractivity contribution in [1.82, 2.24) is 47.9 Å². The fourth-order valence-electron chi connectivity index (χ4n) is 8.40. The Morgan fingerprint density at radius 1 is 0.505 bits per heavy atom. The van der Waals surface area contributed by atoms with Crippen molar-refractivity contribution in [3.8, 4) is 11.1 Å². The topological polar surface area (TPSA) is 436 Å². The smallest absolute Gasteiger partial charge is 0.407 e. The molecule has 3 rings (SSSR count). The fourth-order valence-corrected chi connectivity index (χ4v) is 8.40. The maximum absolute atomic E-state index is 13.1. The van der Waals surface area contributed by atoms with Crippen LogP contribution < -0.4 is 53.6 Å². The minimum Gasteiger partial charge on any atom is -0.469 e. The molecule has 11 N–H and O–H groups in total. The Bertz CT molecular complexity index is 2910. The number of nitrogens with two attached hydrogens (primary N) is 1. The van der Waals surface area contributed by atoms with Gasteiger partial charge in [0.2, 0.25) is 47.3 Å². The Balaban J connectivity index is 0.000000669. The molecular formula is C61H84N10O20. The van der Waals surface area contributed by atoms with E-state index in [9.17, 15) is 71.9 Å². The molecule has 0 bridgehead atoms. The molecule has 0 spiro atoms. The average molecular weight is 1280 g/mol. The number of nitrogens with one attached hydrogen (secondary N) is 9. The van der Waals surface area contributed by atoms with E-state index >= 15 is 0 Å². The molecule has 2 aromatic carbocycles. The lowest BCUT2D eigenvalue weighted by molar-refractivity contribution is -0.147. The number of amides is 9. The van der Waals surface area contributed by atoms with E-state index in [0.717, 1.165) is 36.5 Å². The van der Waals surface area contributed by atoms with Gasteiger partial charge in [0.25, 0.3) is 0 Å². The van der Waals surface area contributed by atoms with Crippen LogP contribution in [0.1, 0.15) is 110 Å². The number of alkyl carbamates (subject to hydrolysis) is 1. The number of rotatable bonds is 37. The third-order valence-corrected chi connectivity index (χ3v) is 13.4. The van der Waals surface area contributed by atoms with Gasteiger partial charge in [-0.15, -0.1) is 0 Å². The number of benzene rings is 2. The van der Waals surface area contributed by atoms with Crippen LogP contribution in [0, 0.1) is 0 Å². The highest BCUT2D eigenvalue weighted by Crippen LogP contribution is 2.44. The second-order valence-electron chi connectivity index (χ2n) is 20.6. The van der Waals surface area contributed by atoms with Crippen LogP contribution in [0.5, 0.6) is 0 Å². The molecule has 0 aliphatic heterocycles. The van der Waals surface area contributed by atoms with E-state index in [4.69, 9.17) is 19.9 Å². The van der Waals surface area contributed by atoms with Crippen LogP contribution in [0.3, 0.4) is 0 Å². The van der Waals surface area contributed by atoms with Gasteiger partial charge in [0.05, 0.1) is 46.2 Å². The van der Waals surface area contributed by atoms with Gasteiger partial charge >= 0.3 is 30.0 Å². The molecular weight excluding hydrogens is 1190 g/mol. The molecule has 0 aromatic heterocycles. The molecule has 8 unspecified atom stereocenters. The highest BCUT2D eigenvalue weighted by molar-refractivity contribution is 5.98. The number of hydrogen-bond acceptors (Lipinski definition) is 21. The molecule has 0 saturated heterocycles. The third-order valence-electron chi connectivity index (χ3n) is 13.4. The summed E-state index contributed by atoms with van der Waals surface area (Å²) in [6.45, 7) is 14.1. The molecule has 0 saturated carbocycles. The molecule has 8 atom stereocenters. The lowest BCUT2D eigenvalue weighted by Gasteiger charge is -2.22. The maximum Gasteiger partial charge on any atom is 0.407 e. The highest BCUT2D eigenvalue weighted by Gasteiger charge is 2.33. The molecule has 9 amide bonds. The van der Waals surface area contributed by atoms with Crippen LogP contribution in [0.2, 0.25) is 0 Å². The van der Waals surface area contributed by atoms with E-state index in [1.54, 1.807) is 13.8 Å². The monoisotopic (exact) mass is 1280 g/mol. The first kappa shape index (κ1) is 77.2. The number of ether oxygens (including phenoxy) is 5. The molecule has 1 aliphatic rings. The number of methoxy groups -OCH3 is 2. The summed E-state index contributed by atoms with van der Waals surface area (Å²) in [4.78, 5) is 185. The van der Waals surface area contributed by atoms with Gasteiger partial charge < -0.3 is 86.9 Å². The van der Waals surface area contributed by atoms with E-state index < -0.39 is 151 Å². The van der Waals surface area contributed by atoms with Crippen molar-refractivity contribution < 1.29 is 95.6 Å². The zero-order valence-corrected chi connectivity index (χ0v) is 52.3. The Hall–Kier alpha value is -9.87. The fraction of sp³-hybridized carbons (Fsp3) is 0.492. The van der Waals surface area contributed by atoms with Gasteiger partial charge in [-0.25, -0.2) is 14.4 Å². The molecule has 30 nitrogen and oxygen atoms in total. The van der Waals surface area contributed by atoms with Crippen LogP contribution in [0.25, 0.3) is 11.1 Å². The van der Waals surface area contributed by atoms with Crippen LogP contribution in [0.15, 0.2) is 73.8 Å². The number of Topliss-reactive ketones (excluding diaryl/α,β-unsaturated/α-hetero) is 2. The first-order valence-electron chi connectivity index (χ1n) is 29.0. The van der Waals surface area contributed by atoms with Gasteiger partial charge in [-0.1, -0.05) is 87.7 Å². The van der Waals surface area contributed by atoms with Crippen LogP contribution in [-0.4, -0.2) is 184 Å². The van der Waals surface area contributed by atoms with Crippen molar-refractivity contribution in [3.63, 3.8) is 0 Å². The number of carbonyl (C=O) groups is 15. The van der Waals surface area contributed by atoms with Gasteiger partial charge in [0.1, 0.15) is 73.7 Å². The van der Waals surface area contributed by atoms with Crippen molar-refractivity contribution in [2.45, 2.75) is 147 Å². The first-order valence-corrected chi connectivity index (χ1v) is 29.0. The Labute approximate surface area is 526 Å². The molecule has 91 heavy (non-hydrogen) atoms. The summed E-state index contributed by atoms with van der Waals surface area (Å²) < 4.78 is 24.6. The predicted molar refractivity (Wildman–Crippen MR) is 325 cm³/mol. The number of carbonyl (C=O) groups excluding carboxylic acids is 15. The van der Waals surface area contributed by atoms with E-state index in [1.165, 1.54) is 39.8 Å². The Kier molecular flexibility index (Phi) is 34.5. The predicted octanol–water partition coefficient (Wildman–Crippen LogP) is -0.469. The highest BCUT2D eigenvalue weighted by atomic mass is 16.6. The molecule has 2 aromatic rings. The van der Waals surface area contributed by atoms with Crippen molar-refractivity contribution in [3.05, 3.63) is 85.0 Å². The lowest BCUT2D eigenvalue weighted by Crippen LogP contribution is -2.55. The number of fused-ring (bicyclic) bond motifs is 3. The van der Waals surface area contributed by atoms with Crippen molar-refractivity contribution >= 4 is 88.8 Å². The van der Waals surface area contributed by atoms with Crippen LogP contribution in [-0.2, 0) is 90.8 Å². The molecule has 498 valence electrons. The Morgan fingerprint density at radius 3 is 1.25 bits per heavy atom. The summed E-state index contributed by atoms with van der Waals surface area (Å²) in [6, 6.07) is 6.14. The summed E-state index contributed by atoms with van der Waals surface area (Å²) in [5, 5.41) is 21.5. The average Bonchev–Trinajstić information content (AvgIpc) is 1.65. The van der Waals surface area contributed by atoms with Gasteiger partial charge in [0, 0.05) is 18.8 Å². The lowest BCUT2D eigenvalue weighted by atomic mass is 9.98. The summed E-state index contributed by atoms with van der Waals surface area (Å²) >= 11 is 0. The summed E-state index contributed by atoms with van der Waals surface area (Å²) in [7, 11) is 2.20. The first-order chi connectivity index (χ1) is 43.1. The largest absolute Gasteiger partial charge is 0.469 e. The summed E-state index contributed by atoms with van der Waals surface area (Å²) in [5.41, 5.74) is 9.58. The zero-order chi connectivity index (χ0) is 68.3. The maximum atomic E-state index is 13.1. The van der Waals surface area contributed by atoms with E-state index in [0.29, 0.717) is 0 Å². The molecule has 30 heteroatoms. The number of hydrogen-bond donors (Lipinski definition) is 10. The van der Waals surface area contributed by atoms with Gasteiger partial charge in [-0.3, -0.25) is 47.9 Å². The standard InChI is InChI=1S/C38H47N5O11.C23H37N5O9/c1-6-18-53-37(50)30(17-16-22(3)44)42-36(49)29(7-2)41-32(45)20-39-35(48)31(19-33(46)52-5)43-34(47)23(4)40-38(51)54-21-28-26-14-10-8-12-24(26)25-13-9-11-15-27(25)28;1-6-10-37-23(35)16(9-8-13(3)29)27-22(34)15(7-2)26-18(30)12-25-21(33)17(11-19(31)36-5)28-20(32)14(4)24/h6,8-15,23,28-31H,1,7,16-21H2,2-5H3,(H,39,48)(H,40,51)(H,41,45)(H,42,49)(H,43,47);6,14-17H,1,7-12,24H2,2-5H3,(H,25,33)(H,26,30)(H,27,34)(H,28,32). The summed E-state index contributed by atoms with van der Waals surface area (Å²) in [5.74, 6) is -10.0. The van der Waals surface area contributed by atoms with Gasteiger partial charge in [0.15, 0.2) is 0 Å². The normalized spacial score (nSPS) is 13.6. The minimum atomic E-state index is -1.50. The summed E-state index contributed by atoms with van der Waals surface area (Å²) in [6.07, 6.45) is 0.967. The number of ketones is 2. The molecule has 1 aliphatic carbocycles. The minimum absolute atomic E-state index is 0.00313. The van der Waals surface area contributed by atoms with E-state index in [1.807, 2.05) is 48.5 Å². The quantitative estimate of drug-likeness (QED) is 0.0232. The second-order valence-corrected chi connectivity index (χ2v) is 20.6. The van der Waals surface area contributed by atoms with Crippen molar-refractivity contribution in [2.24, 2.45) is 5.73 Å². The van der Waals surface area contributed by atoms with Crippen LogP contribution in [0.4, 0.5) is 4.79 Å². The molecule has 0 heterocycles.